The van der Waals surface area contributed by atoms with Gasteiger partial charge in [-0.05, 0) is 25.5 Å². The van der Waals surface area contributed by atoms with Crippen molar-refractivity contribution in [2.75, 3.05) is 13.1 Å². The molecule has 4 nitrogen and oxygen atoms in total. The zero-order valence-electron chi connectivity index (χ0n) is 13.3. The first-order valence-corrected chi connectivity index (χ1v) is 8.56. The summed E-state index contributed by atoms with van der Waals surface area (Å²) in [6, 6.07) is 2.76. The lowest BCUT2D eigenvalue weighted by Gasteiger charge is -2.23. The van der Waals surface area contributed by atoms with Crippen molar-refractivity contribution >= 4 is 17.2 Å². The van der Waals surface area contributed by atoms with E-state index in [2.05, 4.69) is 35.7 Å². The van der Waals surface area contributed by atoms with E-state index in [0.717, 1.165) is 25.3 Å². The number of nitrogens with two attached hydrogens (primary N) is 1. The maximum Gasteiger partial charge on any atom is 0.0768 e. The van der Waals surface area contributed by atoms with E-state index in [1.807, 2.05) is 0 Å². The molecule has 1 aromatic heterocycles. The van der Waals surface area contributed by atoms with Crippen LogP contribution in [0.4, 0.5) is 0 Å². The second kappa shape index (κ2) is 7.90. The third-order valence-corrected chi connectivity index (χ3v) is 4.87. The molecule has 1 aliphatic carbocycles. The summed E-state index contributed by atoms with van der Waals surface area (Å²) in [7, 11) is 0. The highest BCUT2D eigenvalue weighted by atomic mass is 32.1. The molecule has 0 saturated heterocycles. The average Bonchev–Trinajstić information content (AvgIpc) is 2.95. The van der Waals surface area contributed by atoms with Gasteiger partial charge in [-0.2, -0.15) is 5.10 Å². The van der Waals surface area contributed by atoms with Gasteiger partial charge in [0.25, 0.3) is 0 Å². The molecule has 1 heterocycles. The Morgan fingerprint density at radius 1 is 1.48 bits per heavy atom. The number of hydrogen-bond acceptors (Lipinski definition) is 3. The molecule has 1 aliphatic rings. The van der Waals surface area contributed by atoms with Gasteiger partial charge < -0.3 is 5.73 Å². The summed E-state index contributed by atoms with van der Waals surface area (Å²) in [5.41, 5.74) is 6.87. The quantitative estimate of drug-likeness (QED) is 0.786. The molecule has 5 heteroatoms. The minimum atomic E-state index is 0.250. The summed E-state index contributed by atoms with van der Waals surface area (Å²) in [6.45, 7) is 7.03. The van der Waals surface area contributed by atoms with Crippen LogP contribution in [0.2, 0.25) is 0 Å². The molecule has 1 aromatic rings. The van der Waals surface area contributed by atoms with E-state index in [1.54, 1.807) is 0 Å². The summed E-state index contributed by atoms with van der Waals surface area (Å²) < 4.78 is 2.18. The lowest BCUT2D eigenvalue weighted by atomic mass is 9.96. The van der Waals surface area contributed by atoms with Crippen LogP contribution in [0, 0.1) is 5.92 Å². The van der Waals surface area contributed by atoms with Gasteiger partial charge in [-0.1, -0.05) is 45.3 Å². The van der Waals surface area contributed by atoms with Crippen molar-refractivity contribution in [3.8, 4) is 0 Å². The maximum absolute atomic E-state index is 5.72. The first-order valence-electron chi connectivity index (χ1n) is 8.15. The molecular weight excluding hydrogens is 280 g/mol. The summed E-state index contributed by atoms with van der Waals surface area (Å²) >= 11 is 5.07. The van der Waals surface area contributed by atoms with Crippen molar-refractivity contribution in [2.24, 2.45) is 11.7 Å². The molecule has 2 rings (SSSR count). The molecule has 1 fully saturated rings. The van der Waals surface area contributed by atoms with Gasteiger partial charge in [0.05, 0.1) is 16.7 Å². The van der Waals surface area contributed by atoms with Crippen molar-refractivity contribution < 1.29 is 0 Å². The van der Waals surface area contributed by atoms with Gasteiger partial charge in [-0.25, -0.2) is 0 Å². The van der Waals surface area contributed by atoms with Gasteiger partial charge in [0.15, 0.2) is 0 Å². The zero-order valence-corrected chi connectivity index (χ0v) is 14.1. The van der Waals surface area contributed by atoms with Crippen molar-refractivity contribution in [3.05, 3.63) is 18.0 Å². The van der Waals surface area contributed by atoms with Crippen LogP contribution >= 0.6 is 12.2 Å². The standard InChI is InChI=1S/C16H28N4S/c1-3-19(11-13(2)16(17)21)12-14-9-10-20(18-14)15-7-5-4-6-8-15/h9-10,13,15H,3-8,11-12H2,1-2H3,(H2,17,21). The molecule has 0 spiro atoms. The van der Waals surface area contributed by atoms with E-state index < -0.39 is 0 Å². The molecule has 0 bridgehead atoms. The Morgan fingerprint density at radius 2 is 2.19 bits per heavy atom. The van der Waals surface area contributed by atoms with Gasteiger partial charge >= 0.3 is 0 Å². The molecule has 118 valence electrons. The van der Waals surface area contributed by atoms with Crippen LogP contribution < -0.4 is 5.73 Å². The monoisotopic (exact) mass is 308 g/mol. The van der Waals surface area contributed by atoms with Crippen molar-refractivity contribution in [1.29, 1.82) is 0 Å². The van der Waals surface area contributed by atoms with E-state index in [1.165, 1.54) is 32.1 Å². The second-order valence-electron chi connectivity index (χ2n) is 6.21. The van der Waals surface area contributed by atoms with Crippen LogP contribution in [-0.2, 0) is 6.54 Å². The van der Waals surface area contributed by atoms with Crippen LogP contribution in [0.5, 0.6) is 0 Å². The Hall–Kier alpha value is -0.940. The van der Waals surface area contributed by atoms with Gasteiger partial charge in [0, 0.05) is 25.2 Å². The minimum Gasteiger partial charge on any atom is -0.393 e. The molecule has 21 heavy (non-hydrogen) atoms. The second-order valence-corrected chi connectivity index (χ2v) is 6.68. The maximum atomic E-state index is 5.72. The van der Waals surface area contributed by atoms with Crippen molar-refractivity contribution in [3.63, 3.8) is 0 Å². The van der Waals surface area contributed by atoms with E-state index in [-0.39, 0.29) is 5.92 Å². The Bertz CT molecular complexity index is 451. The third kappa shape index (κ3) is 4.78. The number of hydrogen-bond donors (Lipinski definition) is 1. The number of rotatable bonds is 7. The Labute approximate surface area is 133 Å². The van der Waals surface area contributed by atoms with E-state index in [9.17, 15) is 0 Å². The molecule has 1 atom stereocenters. The highest BCUT2D eigenvalue weighted by molar-refractivity contribution is 7.80. The Morgan fingerprint density at radius 3 is 2.81 bits per heavy atom. The van der Waals surface area contributed by atoms with E-state index in [4.69, 9.17) is 23.1 Å². The predicted octanol–water partition coefficient (Wildman–Crippen LogP) is 3.13. The van der Waals surface area contributed by atoms with Crippen LogP contribution in [-0.4, -0.2) is 32.8 Å². The topological polar surface area (TPSA) is 47.1 Å². The molecule has 2 N–H and O–H groups in total. The number of thiocarbonyl (C=S) groups is 1. The number of aromatic nitrogens is 2. The predicted molar refractivity (Wildman–Crippen MR) is 91.2 cm³/mol. The van der Waals surface area contributed by atoms with Crippen LogP contribution in [0.1, 0.15) is 57.7 Å². The normalized spacial score (nSPS) is 18.0. The van der Waals surface area contributed by atoms with Gasteiger partial charge in [0.1, 0.15) is 0 Å². The summed E-state index contributed by atoms with van der Waals surface area (Å²) in [5.74, 6) is 0.250. The fraction of sp³-hybridized carbons (Fsp3) is 0.750. The van der Waals surface area contributed by atoms with Gasteiger partial charge in [-0.3, -0.25) is 9.58 Å². The molecular formula is C16H28N4S. The summed E-state index contributed by atoms with van der Waals surface area (Å²) in [5, 5.41) is 4.78. The summed E-state index contributed by atoms with van der Waals surface area (Å²) in [6.07, 6.45) is 8.76. The van der Waals surface area contributed by atoms with Gasteiger partial charge in [-0.15, -0.1) is 0 Å². The van der Waals surface area contributed by atoms with Crippen LogP contribution in [0.3, 0.4) is 0 Å². The SMILES string of the molecule is CCN(Cc1ccn(C2CCCCC2)n1)CC(C)C(N)=S. The zero-order chi connectivity index (χ0) is 15.2. The van der Waals surface area contributed by atoms with Crippen LogP contribution in [0.15, 0.2) is 12.3 Å². The molecule has 0 aliphatic heterocycles. The van der Waals surface area contributed by atoms with E-state index >= 15 is 0 Å². The fourth-order valence-electron chi connectivity index (χ4n) is 3.02. The Balaban J connectivity index is 1.92. The van der Waals surface area contributed by atoms with Crippen molar-refractivity contribution in [2.45, 2.75) is 58.5 Å². The highest BCUT2D eigenvalue weighted by Crippen LogP contribution is 2.27. The third-order valence-electron chi connectivity index (χ3n) is 4.46. The molecule has 1 unspecified atom stereocenters. The summed E-state index contributed by atoms with van der Waals surface area (Å²) in [4.78, 5) is 2.96. The molecule has 0 radical (unpaired) electrons. The average molecular weight is 308 g/mol. The van der Waals surface area contributed by atoms with E-state index in [0.29, 0.717) is 11.0 Å². The van der Waals surface area contributed by atoms with Crippen molar-refractivity contribution in [1.82, 2.24) is 14.7 Å². The highest BCUT2D eigenvalue weighted by Gasteiger charge is 2.17. The first-order chi connectivity index (χ1) is 10.1. The Kier molecular flexibility index (Phi) is 6.18. The fourth-order valence-corrected chi connectivity index (χ4v) is 3.10. The lowest BCUT2D eigenvalue weighted by molar-refractivity contribution is 0.257. The lowest BCUT2D eigenvalue weighted by Crippen LogP contribution is -2.33. The number of nitrogens with zero attached hydrogens (tertiary/aromatic N) is 3. The van der Waals surface area contributed by atoms with Gasteiger partial charge in [0.2, 0.25) is 0 Å². The first kappa shape index (κ1) is 16.4. The molecule has 0 aromatic carbocycles. The largest absolute Gasteiger partial charge is 0.393 e. The molecule has 1 saturated carbocycles. The minimum absolute atomic E-state index is 0.250. The molecule has 0 amide bonds. The smallest absolute Gasteiger partial charge is 0.0768 e. The van der Waals surface area contributed by atoms with Crippen LogP contribution in [0.25, 0.3) is 0 Å².